The van der Waals surface area contributed by atoms with Crippen LogP contribution >= 0.6 is 11.3 Å². The summed E-state index contributed by atoms with van der Waals surface area (Å²) in [5.41, 5.74) is 2.88. The van der Waals surface area contributed by atoms with Crippen molar-refractivity contribution in [1.29, 1.82) is 0 Å². The molecule has 6 nitrogen and oxygen atoms in total. The van der Waals surface area contributed by atoms with E-state index >= 15 is 0 Å². The van der Waals surface area contributed by atoms with Gasteiger partial charge in [0.2, 0.25) is 0 Å². The molecule has 3 atom stereocenters. The molecule has 3 fully saturated rings. The van der Waals surface area contributed by atoms with E-state index in [1.807, 2.05) is 35.2 Å². The summed E-state index contributed by atoms with van der Waals surface area (Å²) in [4.78, 5) is 39.1. The fourth-order valence-corrected chi connectivity index (χ4v) is 6.91. The second kappa shape index (κ2) is 8.98. The first-order chi connectivity index (χ1) is 18.5. The van der Waals surface area contributed by atoms with Crippen molar-refractivity contribution in [2.75, 3.05) is 6.54 Å². The number of carbonyl (C=O) groups is 2. The van der Waals surface area contributed by atoms with Crippen LogP contribution in [0.4, 0.5) is 4.39 Å². The maximum atomic E-state index is 14.5. The van der Waals surface area contributed by atoms with Crippen LogP contribution in [0.15, 0.2) is 54.7 Å². The van der Waals surface area contributed by atoms with Crippen LogP contribution in [-0.4, -0.2) is 45.3 Å². The molecule has 3 heterocycles. The number of halogens is 1. The number of piperidine rings is 1. The number of para-hydroxylation sites is 1. The Morgan fingerprint density at radius 1 is 1.13 bits per heavy atom. The summed E-state index contributed by atoms with van der Waals surface area (Å²) in [5, 5.41) is 4.94. The maximum Gasteiger partial charge on any atom is 0.274 e. The predicted octanol–water partition coefficient (Wildman–Crippen LogP) is 5.72. The Morgan fingerprint density at radius 2 is 1.97 bits per heavy atom. The number of pyridine rings is 1. The Labute approximate surface area is 223 Å². The lowest BCUT2D eigenvalue weighted by molar-refractivity contribution is 0.0684. The highest BCUT2D eigenvalue weighted by Gasteiger charge is 2.54. The van der Waals surface area contributed by atoms with E-state index in [4.69, 9.17) is 4.98 Å². The first-order valence-corrected chi connectivity index (χ1v) is 14.0. The first kappa shape index (κ1) is 23.5. The Bertz CT molecular complexity index is 1590. The number of fused-ring (bicyclic) bond motifs is 2. The molecule has 2 aliphatic carbocycles. The zero-order valence-corrected chi connectivity index (χ0v) is 21.8. The molecule has 0 spiro atoms. The number of nitrogens with one attached hydrogen (secondary N) is 1. The Hall–Kier alpha value is -3.65. The van der Waals surface area contributed by atoms with Crippen LogP contribution < -0.4 is 5.32 Å². The number of hydrogen-bond acceptors (Lipinski definition) is 5. The van der Waals surface area contributed by atoms with Crippen LogP contribution in [0.2, 0.25) is 0 Å². The Balaban J connectivity index is 1.15. The van der Waals surface area contributed by atoms with Crippen LogP contribution in [-0.2, 0) is 0 Å². The molecule has 0 bridgehead atoms. The third-order valence-corrected chi connectivity index (χ3v) is 9.29. The van der Waals surface area contributed by atoms with E-state index in [0.717, 1.165) is 41.0 Å². The SMILES string of the molecule is Cc1ccc(-c2sc(C3CC3)nc2C(=O)N2[C@H](CNC(=O)c3cccc4cccnc34)C[C@@H]3C[C@@H]32)cc1F. The van der Waals surface area contributed by atoms with E-state index in [0.29, 0.717) is 46.3 Å². The highest BCUT2D eigenvalue weighted by atomic mass is 32.1. The second-order valence-corrected chi connectivity index (χ2v) is 11.8. The zero-order chi connectivity index (χ0) is 26.0. The summed E-state index contributed by atoms with van der Waals surface area (Å²) < 4.78 is 14.5. The van der Waals surface area contributed by atoms with Gasteiger partial charge in [-0.2, -0.15) is 0 Å². The number of amides is 2. The minimum atomic E-state index is -0.283. The summed E-state index contributed by atoms with van der Waals surface area (Å²) in [6.45, 7) is 2.10. The number of thiazole rings is 1. The summed E-state index contributed by atoms with van der Waals surface area (Å²) in [6.07, 6.45) is 5.69. The average molecular weight is 527 g/mol. The molecule has 1 N–H and O–H groups in total. The number of likely N-dealkylation sites (tertiary alicyclic amines) is 1. The van der Waals surface area contributed by atoms with E-state index in [1.165, 1.54) is 17.4 Å². The largest absolute Gasteiger partial charge is 0.350 e. The lowest BCUT2D eigenvalue weighted by Crippen LogP contribution is -2.45. The monoisotopic (exact) mass is 526 g/mol. The molecule has 0 unspecified atom stereocenters. The lowest BCUT2D eigenvalue weighted by Gasteiger charge is -2.27. The number of aromatic nitrogens is 2. The van der Waals surface area contributed by atoms with Gasteiger partial charge in [-0.15, -0.1) is 11.3 Å². The van der Waals surface area contributed by atoms with Gasteiger partial charge >= 0.3 is 0 Å². The van der Waals surface area contributed by atoms with Gasteiger partial charge < -0.3 is 10.2 Å². The minimum Gasteiger partial charge on any atom is -0.350 e. The van der Waals surface area contributed by atoms with Crippen LogP contribution in [0.25, 0.3) is 21.3 Å². The fraction of sp³-hybridized carbons (Fsp3) is 0.333. The molecule has 2 aromatic heterocycles. The molecule has 2 aromatic carbocycles. The third kappa shape index (κ3) is 4.07. The molecule has 38 heavy (non-hydrogen) atoms. The number of nitrogens with zero attached hydrogens (tertiary/aromatic N) is 3. The van der Waals surface area contributed by atoms with Crippen molar-refractivity contribution in [3.05, 3.63) is 82.4 Å². The molecule has 2 amide bonds. The normalized spacial score (nSPS) is 21.9. The number of benzene rings is 2. The quantitative estimate of drug-likeness (QED) is 0.349. The van der Waals surface area contributed by atoms with Crippen LogP contribution in [0.3, 0.4) is 0 Å². The number of rotatable bonds is 6. The van der Waals surface area contributed by atoms with Crippen molar-refractivity contribution in [2.45, 2.75) is 50.6 Å². The van der Waals surface area contributed by atoms with Crippen molar-refractivity contribution >= 4 is 34.1 Å². The lowest BCUT2D eigenvalue weighted by atomic mass is 10.1. The number of aryl methyl sites for hydroxylation is 1. The van der Waals surface area contributed by atoms with E-state index in [1.54, 1.807) is 25.3 Å². The number of carbonyl (C=O) groups excluding carboxylic acids is 2. The maximum absolute atomic E-state index is 14.5. The summed E-state index contributed by atoms with van der Waals surface area (Å²) >= 11 is 1.52. The molecule has 1 saturated heterocycles. The molecule has 7 rings (SSSR count). The third-order valence-electron chi connectivity index (χ3n) is 8.03. The van der Waals surface area contributed by atoms with Gasteiger partial charge in [-0.3, -0.25) is 14.6 Å². The molecule has 3 aliphatic rings. The van der Waals surface area contributed by atoms with Gasteiger partial charge in [0, 0.05) is 30.1 Å². The fourth-order valence-electron chi connectivity index (χ4n) is 5.69. The zero-order valence-electron chi connectivity index (χ0n) is 21.0. The average Bonchev–Trinajstić information content (AvgIpc) is 3.85. The summed E-state index contributed by atoms with van der Waals surface area (Å²) in [6, 6.07) is 14.6. The molecule has 4 aromatic rings. The van der Waals surface area contributed by atoms with Gasteiger partial charge in [0.15, 0.2) is 0 Å². The molecule has 8 heteroatoms. The summed E-state index contributed by atoms with van der Waals surface area (Å²) in [7, 11) is 0. The van der Waals surface area contributed by atoms with E-state index in [9.17, 15) is 14.0 Å². The molecule has 1 aliphatic heterocycles. The number of hydrogen-bond donors (Lipinski definition) is 1. The van der Waals surface area contributed by atoms with E-state index in [2.05, 4.69) is 10.3 Å². The molecular formula is C30H27FN4O2S. The molecule has 0 radical (unpaired) electrons. The smallest absolute Gasteiger partial charge is 0.274 e. The van der Waals surface area contributed by atoms with Crippen molar-refractivity contribution < 1.29 is 14.0 Å². The Morgan fingerprint density at radius 3 is 2.79 bits per heavy atom. The van der Waals surface area contributed by atoms with Gasteiger partial charge in [-0.25, -0.2) is 9.37 Å². The van der Waals surface area contributed by atoms with E-state index in [-0.39, 0.29) is 29.7 Å². The summed E-state index contributed by atoms with van der Waals surface area (Å²) in [5.74, 6) is 0.270. The molecule has 2 saturated carbocycles. The predicted molar refractivity (Wildman–Crippen MR) is 145 cm³/mol. The van der Waals surface area contributed by atoms with Crippen molar-refractivity contribution in [3.63, 3.8) is 0 Å². The van der Waals surface area contributed by atoms with Crippen molar-refractivity contribution in [3.8, 4) is 10.4 Å². The highest BCUT2D eigenvalue weighted by molar-refractivity contribution is 7.15. The van der Waals surface area contributed by atoms with Gasteiger partial charge in [0.05, 0.1) is 27.0 Å². The van der Waals surface area contributed by atoms with Crippen LogP contribution in [0, 0.1) is 18.7 Å². The first-order valence-electron chi connectivity index (χ1n) is 13.2. The highest BCUT2D eigenvalue weighted by Crippen LogP contribution is 2.50. The van der Waals surface area contributed by atoms with Crippen molar-refractivity contribution in [2.24, 2.45) is 5.92 Å². The van der Waals surface area contributed by atoms with Gasteiger partial charge in [0.25, 0.3) is 11.8 Å². The van der Waals surface area contributed by atoms with Gasteiger partial charge in [0.1, 0.15) is 11.5 Å². The van der Waals surface area contributed by atoms with Crippen LogP contribution in [0.5, 0.6) is 0 Å². The minimum absolute atomic E-state index is 0.105. The second-order valence-electron chi connectivity index (χ2n) is 10.7. The van der Waals surface area contributed by atoms with E-state index < -0.39 is 0 Å². The van der Waals surface area contributed by atoms with Gasteiger partial charge in [-0.05, 0) is 67.9 Å². The Kier molecular flexibility index (Phi) is 5.54. The van der Waals surface area contributed by atoms with Crippen molar-refractivity contribution in [1.82, 2.24) is 20.2 Å². The van der Waals surface area contributed by atoms with Crippen LogP contribution in [0.1, 0.15) is 63.0 Å². The van der Waals surface area contributed by atoms with Gasteiger partial charge in [-0.1, -0.05) is 30.3 Å². The molecule has 192 valence electrons. The topological polar surface area (TPSA) is 75.2 Å². The standard InChI is InChI=1S/C30H27FN4O2S/c1-16-7-8-19(13-23(16)31)27-26(34-29(38-27)18-9-10-18)30(37)35-21(12-20-14-24(20)35)15-33-28(36)22-6-2-4-17-5-3-11-32-25(17)22/h2-8,11,13,18,20-21,24H,9-10,12,14-15H2,1H3,(H,33,36)/t20-,21+,24+/m1/s1. The molecular weight excluding hydrogens is 499 g/mol.